The van der Waals surface area contributed by atoms with Crippen LogP contribution < -0.4 is 20.1 Å². The first kappa shape index (κ1) is 28.5. The van der Waals surface area contributed by atoms with E-state index in [2.05, 4.69) is 42.1 Å². The molecule has 0 unspecified atom stereocenters. The minimum atomic E-state index is -0.521. The summed E-state index contributed by atoms with van der Waals surface area (Å²) in [6.45, 7) is 4.85. The minimum Gasteiger partial charge on any atom is -0.495 e. The van der Waals surface area contributed by atoms with Gasteiger partial charge in [0.1, 0.15) is 41.5 Å². The molecule has 0 radical (unpaired) electrons. The van der Waals surface area contributed by atoms with Gasteiger partial charge in [0, 0.05) is 66.9 Å². The molecule has 2 aromatic carbocycles. The summed E-state index contributed by atoms with van der Waals surface area (Å²) in [5.74, 6) is 1.29. The van der Waals surface area contributed by atoms with Gasteiger partial charge in [-0.25, -0.2) is 24.3 Å². The fourth-order valence-corrected chi connectivity index (χ4v) is 5.05. The summed E-state index contributed by atoms with van der Waals surface area (Å²) in [5.41, 5.74) is 2.99. The number of nitrogens with zero attached hydrogens (tertiary/aromatic N) is 6. The van der Waals surface area contributed by atoms with E-state index in [4.69, 9.17) is 9.47 Å². The zero-order valence-electron chi connectivity index (χ0n) is 23.9. The number of anilines is 3. The van der Waals surface area contributed by atoms with Crippen molar-refractivity contribution in [1.82, 2.24) is 29.8 Å². The van der Waals surface area contributed by atoms with Gasteiger partial charge in [-0.3, -0.25) is 9.78 Å². The van der Waals surface area contributed by atoms with E-state index in [1.165, 1.54) is 24.8 Å². The van der Waals surface area contributed by atoms with Crippen molar-refractivity contribution in [3.63, 3.8) is 0 Å². The lowest BCUT2D eigenvalue weighted by Gasteiger charge is -2.32. The lowest BCUT2D eigenvalue weighted by atomic mass is 10.0. The molecule has 0 spiro atoms. The molecule has 44 heavy (non-hydrogen) atoms. The second-order valence-electron chi connectivity index (χ2n) is 10.1. The smallest absolute Gasteiger partial charge is 0.245 e. The van der Waals surface area contributed by atoms with Gasteiger partial charge in [-0.2, -0.15) is 0 Å². The van der Waals surface area contributed by atoms with Crippen LogP contribution in [0, 0.1) is 5.82 Å². The zero-order valence-corrected chi connectivity index (χ0v) is 23.9. The Morgan fingerprint density at radius 1 is 1.00 bits per heavy atom. The van der Waals surface area contributed by atoms with Gasteiger partial charge in [-0.15, -0.1) is 0 Å². The number of fused-ring (bicyclic) bond motifs is 1. The number of pyridine rings is 1. The number of hydrogen-bond acceptors (Lipinski definition) is 10. The molecule has 1 fully saturated rings. The summed E-state index contributed by atoms with van der Waals surface area (Å²) in [6, 6.07) is 11.8. The number of ether oxygens (including phenoxy) is 2. The van der Waals surface area contributed by atoms with Crippen LogP contribution in [0.2, 0.25) is 0 Å². The van der Waals surface area contributed by atoms with Crippen molar-refractivity contribution in [2.24, 2.45) is 0 Å². The molecule has 12 heteroatoms. The third-order valence-corrected chi connectivity index (χ3v) is 7.31. The van der Waals surface area contributed by atoms with E-state index >= 15 is 4.39 Å². The van der Waals surface area contributed by atoms with Gasteiger partial charge in [0.25, 0.3) is 0 Å². The summed E-state index contributed by atoms with van der Waals surface area (Å²) in [6.07, 6.45) is 10.7. The topological polar surface area (TPSA) is 127 Å². The largest absolute Gasteiger partial charge is 0.495 e. The Hall–Kier alpha value is -5.65. The van der Waals surface area contributed by atoms with E-state index in [0.717, 1.165) is 24.1 Å². The highest BCUT2D eigenvalue weighted by atomic mass is 19.1. The van der Waals surface area contributed by atoms with Crippen LogP contribution in [0.3, 0.4) is 0 Å². The highest BCUT2D eigenvalue weighted by molar-refractivity contribution is 5.95. The van der Waals surface area contributed by atoms with E-state index < -0.39 is 5.82 Å². The van der Waals surface area contributed by atoms with Crippen LogP contribution in [0.4, 0.5) is 21.6 Å². The summed E-state index contributed by atoms with van der Waals surface area (Å²) < 4.78 is 26.9. The van der Waals surface area contributed by atoms with Crippen LogP contribution in [0.15, 0.2) is 86.4 Å². The molecular weight excluding hydrogens is 563 g/mol. The number of methoxy groups -OCH3 is 1. The van der Waals surface area contributed by atoms with Gasteiger partial charge < -0.3 is 25.0 Å². The zero-order chi connectivity index (χ0) is 30.5. The second-order valence-corrected chi connectivity index (χ2v) is 10.1. The number of carbonyl (C=O) groups is 1. The van der Waals surface area contributed by atoms with Gasteiger partial charge in [-0.1, -0.05) is 6.58 Å². The van der Waals surface area contributed by atoms with Crippen molar-refractivity contribution < 1.29 is 18.7 Å². The molecule has 3 aromatic heterocycles. The van der Waals surface area contributed by atoms with Crippen molar-refractivity contribution in [2.45, 2.75) is 18.9 Å². The summed E-state index contributed by atoms with van der Waals surface area (Å²) in [7, 11) is 1.60. The normalized spacial score (nSPS) is 13.4. The SMILES string of the molecule is C=CC(=O)N1CCC(Nc2cc3c(Nc4ccc(Oc5ccnc(-c6cncnc6)c5)cc4F)ncnc3cc2OC)CC1. The van der Waals surface area contributed by atoms with Crippen LogP contribution in [-0.4, -0.2) is 62.0 Å². The Bertz CT molecular complexity index is 1810. The maximum atomic E-state index is 15.3. The van der Waals surface area contributed by atoms with Crippen LogP contribution in [0.5, 0.6) is 17.2 Å². The first-order chi connectivity index (χ1) is 21.5. The standard InChI is InChI=1S/C32H29FN8O3/c1-3-31(42)41-10-7-21(8-11-41)39-29-14-24-28(15-30(29)43-2)37-19-38-32(24)40-26-5-4-22(12-25(26)33)44-23-6-9-36-27(13-23)20-16-34-18-35-17-20/h3-6,9,12-19,21,39H,1,7-8,10-11H2,2H3,(H,37,38,40). The Morgan fingerprint density at radius 2 is 1.80 bits per heavy atom. The quantitative estimate of drug-likeness (QED) is 0.204. The van der Waals surface area contributed by atoms with E-state index in [9.17, 15) is 4.79 Å². The predicted octanol–water partition coefficient (Wildman–Crippen LogP) is 5.75. The average molecular weight is 593 g/mol. The first-order valence-corrected chi connectivity index (χ1v) is 14.0. The minimum absolute atomic E-state index is 0.0588. The Kier molecular flexibility index (Phi) is 8.21. The predicted molar refractivity (Wildman–Crippen MR) is 165 cm³/mol. The fraction of sp³-hybridized carbons (Fsp3) is 0.188. The van der Waals surface area contributed by atoms with Gasteiger partial charge in [-0.05, 0) is 43.2 Å². The summed E-state index contributed by atoms with van der Waals surface area (Å²) >= 11 is 0. The van der Waals surface area contributed by atoms with Crippen molar-refractivity contribution >= 4 is 34.0 Å². The molecule has 2 N–H and O–H groups in total. The molecule has 222 valence electrons. The van der Waals surface area contributed by atoms with Crippen LogP contribution in [0.1, 0.15) is 12.8 Å². The molecule has 0 saturated carbocycles. The second kappa shape index (κ2) is 12.7. The highest BCUT2D eigenvalue weighted by Crippen LogP contribution is 2.35. The van der Waals surface area contributed by atoms with Gasteiger partial charge >= 0.3 is 0 Å². The Balaban J connectivity index is 1.20. The fourth-order valence-electron chi connectivity index (χ4n) is 5.05. The van der Waals surface area contributed by atoms with Crippen LogP contribution in [-0.2, 0) is 4.79 Å². The molecule has 1 saturated heterocycles. The van der Waals surface area contributed by atoms with E-state index in [1.54, 1.807) is 54.9 Å². The van der Waals surface area contributed by atoms with Crippen LogP contribution >= 0.6 is 0 Å². The molecule has 0 atom stereocenters. The van der Waals surface area contributed by atoms with Crippen molar-refractivity contribution in [2.75, 3.05) is 30.8 Å². The summed E-state index contributed by atoms with van der Waals surface area (Å²) in [5, 5.41) is 7.33. The molecule has 1 aliphatic rings. The summed E-state index contributed by atoms with van der Waals surface area (Å²) in [4.78, 5) is 34.9. The van der Waals surface area contributed by atoms with Gasteiger partial charge in [0.2, 0.25) is 5.91 Å². The Labute approximate surface area is 252 Å². The number of nitrogens with one attached hydrogen (secondary N) is 2. The van der Waals surface area contributed by atoms with Gasteiger partial charge in [0.15, 0.2) is 0 Å². The lowest BCUT2D eigenvalue weighted by molar-refractivity contribution is -0.126. The number of amides is 1. The molecule has 0 aliphatic carbocycles. The van der Waals surface area contributed by atoms with E-state index in [0.29, 0.717) is 52.8 Å². The van der Waals surface area contributed by atoms with Crippen molar-refractivity contribution in [3.8, 4) is 28.5 Å². The number of halogens is 1. The maximum absolute atomic E-state index is 15.3. The first-order valence-electron chi connectivity index (χ1n) is 14.0. The van der Waals surface area contributed by atoms with Crippen molar-refractivity contribution in [1.29, 1.82) is 0 Å². The number of carbonyl (C=O) groups excluding carboxylic acids is 1. The number of rotatable bonds is 9. The maximum Gasteiger partial charge on any atom is 0.245 e. The monoisotopic (exact) mass is 592 g/mol. The molecule has 1 amide bonds. The third kappa shape index (κ3) is 6.24. The van der Waals surface area contributed by atoms with E-state index in [-0.39, 0.29) is 17.6 Å². The number of piperidine rings is 1. The number of benzene rings is 2. The van der Waals surface area contributed by atoms with Crippen molar-refractivity contribution in [3.05, 3.63) is 92.2 Å². The van der Waals surface area contributed by atoms with Crippen LogP contribution in [0.25, 0.3) is 22.2 Å². The number of aromatic nitrogens is 5. The molecule has 1 aliphatic heterocycles. The molecular formula is C32H29FN8O3. The number of hydrogen-bond donors (Lipinski definition) is 2. The molecule has 4 heterocycles. The molecule has 11 nitrogen and oxygen atoms in total. The van der Waals surface area contributed by atoms with E-state index in [1.807, 2.05) is 12.1 Å². The number of likely N-dealkylation sites (tertiary alicyclic amines) is 1. The molecule has 0 bridgehead atoms. The highest BCUT2D eigenvalue weighted by Gasteiger charge is 2.23. The van der Waals surface area contributed by atoms with Gasteiger partial charge in [0.05, 0.1) is 29.7 Å². The average Bonchev–Trinajstić information content (AvgIpc) is 3.06. The molecule has 6 rings (SSSR count). The molecule has 5 aromatic rings. The lowest BCUT2D eigenvalue weighted by Crippen LogP contribution is -2.41. The third-order valence-electron chi connectivity index (χ3n) is 7.31. The Morgan fingerprint density at radius 3 is 2.55 bits per heavy atom.